The maximum Gasteiger partial charge on any atom is 0.225 e. The van der Waals surface area contributed by atoms with Crippen molar-refractivity contribution in [3.05, 3.63) is 34.9 Å². The summed E-state index contributed by atoms with van der Waals surface area (Å²) in [6.07, 6.45) is 3.39. The molecule has 0 bridgehead atoms. The Bertz CT molecular complexity index is 669. The molecular formula is C21H32ClN5O. The molecule has 7 heteroatoms. The first kappa shape index (κ1) is 20.9. The van der Waals surface area contributed by atoms with Gasteiger partial charge in [0.15, 0.2) is 5.96 Å². The highest BCUT2D eigenvalue weighted by molar-refractivity contribution is 6.31. The van der Waals surface area contributed by atoms with Crippen molar-refractivity contribution < 1.29 is 4.79 Å². The number of halogens is 1. The van der Waals surface area contributed by atoms with Crippen LogP contribution in [0.3, 0.4) is 0 Å². The maximum absolute atomic E-state index is 12.3. The van der Waals surface area contributed by atoms with Gasteiger partial charge in [-0.2, -0.15) is 0 Å². The van der Waals surface area contributed by atoms with Crippen LogP contribution in [0, 0.1) is 5.92 Å². The van der Waals surface area contributed by atoms with Crippen molar-refractivity contribution in [2.24, 2.45) is 10.9 Å². The summed E-state index contributed by atoms with van der Waals surface area (Å²) in [6, 6.07) is 7.80. The number of rotatable bonds is 7. The maximum atomic E-state index is 12.3. The number of amides is 1. The van der Waals surface area contributed by atoms with Gasteiger partial charge in [0.2, 0.25) is 5.91 Å². The second kappa shape index (κ2) is 10.7. The van der Waals surface area contributed by atoms with Crippen LogP contribution < -0.4 is 10.6 Å². The van der Waals surface area contributed by atoms with Crippen molar-refractivity contribution >= 4 is 23.5 Å². The van der Waals surface area contributed by atoms with Gasteiger partial charge < -0.3 is 15.5 Å². The van der Waals surface area contributed by atoms with Crippen molar-refractivity contribution in [3.8, 4) is 0 Å². The van der Waals surface area contributed by atoms with Crippen molar-refractivity contribution in [2.75, 3.05) is 45.8 Å². The fraction of sp³-hybridized carbons (Fsp3) is 0.619. The second-order valence-corrected chi connectivity index (χ2v) is 7.92. The van der Waals surface area contributed by atoms with Crippen molar-refractivity contribution in [2.45, 2.75) is 32.7 Å². The summed E-state index contributed by atoms with van der Waals surface area (Å²) in [4.78, 5) is 21.4. The van der Waals surface area contributed by atoms with E-state index in [-0.39, 0.29) is 0 Å². The largest absolute Gasteiger partial charge is 0.357 e. The minimum Gasteiger partial charge on any atom is -0.357 e. The van der Waals surface area contributed by atoms with Crippen LogP contribution in [-0.4, -0.2) is 67.5 Å². The van der Waals surface area contributed by atoms with Gasteiger partial charge in [-0.15, -0.1) is 0 Å². The summed E-state index contributed by atoms with van der Waals surface area (Å²) in [5, 5.41) is 7.43. The highest BCUT2D eigenvalue weighted by Crippen LogP contribution is 2.28. The molecule has 1 aliphatic carbocycles. The van der Waals surface area contributed by atoms with E-state index in [2.05, 4.69) is 32.3 Å². The zero-order valence-corrected chi connectivity index (χ0v) is 17.5. The van der Waals surface area contributed by atoms with Crippen molar-refractivity contribution in [3.63, 3.8) is 0 Å². The molecule has 0 radical (unpaired) electrons. The normalized spacial score (nSPS) is 18.6. The number of piperazine rings is 1. The van der Waals surface area contributed by atoms with Crippen molar-refractivity contribution in [1.29, 1.82) is 0 Å². The van der Waals surface area contributed by atoms with E-state index >= 15 is 0 Å². The van der Waals surface area contributed by atoms with Crippen LogP contribution in [0.1, 0.15) is 31.7 Å². The summed E-state index contributed by atoms with van der Waals surface area (Å²) in [5.41, 5.74) is 1.02. The standard InChI is InChI=1S/C21H32ClN5O/c1-2-23-21(25-16-18-6-3-4-9-19(18)22)24-10-11-26-12-14-27(15-13-26)20(28)17-7-5-8-17/h3-4,6,9,17H,2,5,7-8,10-16H2,1H3,(H2,23,24,25). The fourth-order valence-corrected chi connectivity index (χ4v) is 3.77. The second-order valence-electron chi connectivity index (χ2n) is 7.51. The van der Waals surface area contributed by atoms with Crippen LogP contribution >= 0.6 is 11.6 Å². The Labute approximate surface area is 173 Å². The average molecular weight is 406 g/mol. The van der Waals surface area contributed by atoms with Gasteiger partial charge >= 0.3 is 0 Å². The molecule has 1 saturated heterocycles. The molecule has 1 amide bonds. The number of carbonyl (C=O) groups excluding carboxylic acids is 1. The van der Waals surface area contributed by atoms with Crippen LogP contribution in [-0.2, 0) is 11.3 Å². The lowest BCUT2D eigenvalue weighted by Gasteiger charge is -2.38. The lowest BCUT2D eigenvalue weighted by Crippen LogP contribution is -2.52. The zero-order valence-electron chi connectivity index (χ0n) is 16.8. The van der Waals surface area contributed by atoms with Gasteiger partial charge in [0.1, 0.15) is 0 Å². The molecule has 154 valence electrons. The molecule has 1 aliphatic heterocycles. The lowest BCUT2D eigenvalue weighted by atomic mass is 9.84. The number of aliphatic imine (C=N–C) groups is 1. The van der Waals surface area contributed by atoms with Crippen LogP contribution in [0.15, 0.2) is 29.3 Å². The Morgan fingerprint density at radius 1 is 1.18 bits per heavy atom. The highest BCUT2D eigenvalue weighted by Gasteiger charge is 2.30. The van der Waals surface area contributed by atoms with Gasteiger partial charge in [0.05, 0.1) is 6.54 Å². The number of nitrogens with zero attached hydrogens (tertiary/aromatic N) is 3. The van der Waals surface area contributed by atoms with E-state index in [1.54, 1.807) is 0 Å². The Kier molecular flexibility index (Phi) is 7.98. The van der Waals surface area contributed by atoms with Gasteiger partial charge in [-0.1, -0.05) is 36.2 Å². The highest BCUT2D eigenvalue weighted by atomic mass is 35.5. The third-order valence-electron chi connectivity index (χ3n) is 5.57. The first-order valence-electron chi connectivity index (χ1n) is 10.4. The van der Waals surface area contributed by atoms with E-state index in [4.69, 9.17) is 11.6 Å². The Morgan fingerprint density at radius 3 is 2.57 bits per heavy atom. The molecule has 2 fully saturated rings. The monoisotopic (exact) mass is 405 g/mol. The number of benzene rings is 1. The fourth-order valence-electron chi connectivity index (χ4n) is 3.57. The lowest BCUT2D eigenvalue weighted by molar-refractivity contribution is -0.139. The van der Waals surface area contributed by atoms with E-state index in [9.17, 15) is 4.79 Å². The number of carbonyl (C=O) groups is 1. The molecule has 0 aromatic heterocycles. The summed E-state index contributed by atoms with van der Waals surface area (Å²) in [6.45, 7) is 8.82. The predicted molar refractivity (Wildman–Crippen MR) is 115 cm³/mol. The van der Waals surface area contributed by atoms with Gasteiger partial charge in [-0.05, 0) is 31.4 Å². The summed E-state index contributed by atoms with van der Waals surface area (Å²) >= 11 is 6.21. The predicted octanol–water partition coefficient (Wildman–Crippen LogP) is 2.34. The average Bonchev–Trinajstić information content (AvgIpc) is 2.66. The topological polar surface area (TPSA) is 60.0 Å². The molecule has 0 spiro atoms. The van der Waals surface area contributed by atoms with Crippen LogP contribution in [0.25, 0.3) is 0 Å². The number of guanidine groups is 1. The Morgan fingerprint density at radius 2 is 1.93 bits per heavy atom. The third kappa shape index (κ3) is 5.85. The molecule has 2 aliphatic rings. The molecule has 1 saturated carbocycles. The third-order valence-corrected chi connectivity index (χ3v) is 5.94. The van der Waals surface area contributed by atoms with Crippen LogP contribution in [0.2, 0.25) is 5.02 Å². The van der Waals surface area contributed by atoms with Crippen molar-refractivity contribution in [1.82, 2.24) is 20.4 Å². The van der Waals surface area contributed by atoms with Gasteiger partial charge in [0, 0.05) is 56.8 Å². The van der Waals surface area contributed by atoms with Gasteiger partial charge in [-0.25, -0.2) is 4.99 Å². The Balaban J connectivity index is 1.39. The molecule has 1 aromatic rings. The number of nitrogens with one attached hydrogen (secondary N) is 2. The minimum atomic E-state index is 0.310. The molecule has 0 atom stereocenters. The van der Waals surface area contributed by atoms with Gasteiger partial charge in [-0.3, -0.25) is 9.69 Å². The van der Waals surface area contributed by atoms with Crippen LogP contribution in [0.5, 0.6) is 0 Å². The quantitative estimate of drug-likeness (QED) is 0.540. The van der Waals surface area contributed by atoms with E-state index in [1.807, 2.05) is 24.3 Å². The molecule has 1 heterocycles. The molecule has 0 unspecified atom stereocenters. The minimum absolute atomic E-state index is 0.310. The Hall–Kier alpha value is -1.79. The zero-order chi connectivity index (χ0) is 19.8. The molecule has 1 aromatic carbocycles. The molecular weight excluding hydrogens is 374 g/mol. The number of hydrogen-bond donors (Lipinski definition) is 2. The van der Waals surface area contributed by atoms with Crippen LogP contribution in [0.4, 0.5) is 0 Å². The van der Waals surface area contributed by atoms with E-state index in [0.29, 0.717) is 18.4 Å². The summed E-state index contributed by atoms with van der Waals surface area (Å²) in [5.74, 6) is 1.50. The molecule has 28 heavy (non-hydrogen) atoms. The SMILES string of the molecule is CCNC(=NCc1ccccc1Cl)NCCN1CCN(C(=O)C2CCC2)CC1. The first-order chi connectivity index (χ1) is 13.7. The molecule has 6 nitrogen and oxygen atoms in total. The molecule has 2 N–H and O–H groups in total. The first-order valence-corrected chi connectivity index (χ1v) is 10.8. The summed E-state index contributed by atoms with van der Waals surface area (Å²) in [7, 11) is 0. The van der Waals surface area contributed by atoms with E-state index in [1.165, 1.54) is 6.42 Å². The van der Waals surface area contributed by atoms with Gasteiger partial charge in [0.25, 0.3) is 0 Å². The summed E-state index contributed by atoms with van der Waals surface area (Å²) < 4.78 is 0. The van der Waals surface area contributed by atoms with E-state index in [0.717, 1.165) is 75.2 Å². The van der Waals surface area contributed by atoms with E-state index < -0.39 is 0 Å². The smallest absolute Gasteiger partial charge is 0.225 e. The number of hydrogen-bond acceptors (Lipinski definition) is 3. The molecule has 3 rings (SSSR count).